The molecule has 3 aromatic rings. The quantitative estimate of drug-likeness (QED) is 0.420. The molecule has 176 valence electrons. The van der Waals surface area contributed by atoms with Gasteiger partial charge in [0.1, 0.15) is 17.9 Å². The minimum Gasteiger partial charge on any atom is -0.545 e. The van der Waals surface area contributed by atoms with Crippen molar-refractivity contribution in [2.24, 2.45) is 0 Å². The molecule has 0 aromatic heterocycles. The van der Waals surface area contributed by atoms with Gasteiger partial charge in [-0.3, -0.25) is 14.9 Å². The molecular weight excluding hydrogens is 448 g/mol. The minimum atomic E-state index is -1.26. The van der Waals surface area contributed by atoms with Crippen LogP contribution in [0.5, 0.6) is 5.75 Å². The first-order valence-corrected chi connectivity index (χ1v) is 10.9. The molecule has 1 heterocycles. The molecule has 35 heavy (non-hydrogen) atoms. The number of carboxylic acid groups (broad SMARTS) is 1. The second kappa shape index (κ2) is 10.0. The van der Waals surface area contributed by atoms with Gasteiger partial charge in [0, 0.05) is 5.56 Å². The van der Waals surface area contributed by atoms with Gasteiger partial charge in [0.05, 0.1) is 11.7 Å². The number of carboxylic acids is 1. The summed E-state index contributed by atoms with van der Waals surface area (Å²) < 4.78 is 5.87. The number of imide groups is 2. The number of para-hydroxylation sites is 2. The van der Waals surface area contributed by atoms with E-state index in [1.807, 2.05) is 19.1 Å². The summed E-state index contributed by atoms with van der Waals surface area (Å²) in [5.74, 6) is -2.38. The predicted octanol–water partition coefficient (Wildman–Crippen LogP) is 2.86. The smallest absolute Gasteiger partial charge is 0.335 e. The highest BCUT2D eigenvalue weighted by atomic mass is 16.5. The zero-order chi connectivity index (χ0) is 24.9. The monoisotopic (exact) mass is 469 g/mol. The summed E-state index contributed by atoms with van der Waals surface area (Å²) in [5, 5.41) is 13.2. The van der Waals surface area contributed by atoms with Crippen LogP contribution in [0.15, 0.2) is 78.4 Å². The zero-order valence-electron chi connectivity index (χ0n) is 18.8. The molecule has 1 saturated heterocycles. The minimum absolute atomic E-state index is 0.0597. The number of ether oxygens (including phenoxy) is 1. The summed E-state index contributed by atoms with van der Waals surface area (Å²) in [6.07, 6.45) is 1.99. The summed E-state index contributed by atoms with van der Waals surface area (Å²) in [7, 11) is 0. The largest absolute Gasteiger partial charge is 0.545 e. The van der Waals surface area contributed by atoms with E-state index in [2.05, 4.69) is 5.32 Å². The van der Waals surface area contributed by atoms with E-state index in [1.54, 1.807) is 48.5 Å². The standard InChI is InChI=1S/C27H22N2O6/c1-2-18-7-3-5-9-22(18)29-25(31)21(24(30)28-27(29)34)15-20-8-4-6-10-23(20)35-16-17-11-13-19(14-12-17)26(32)33/h3-15H,2,16H2,1H3,(H,32,33)(H,28,30,34)/p-1/b21-15+. The summed E-state index contributed by atoms with van der Waals surface area (Å²) >= 11 is 0. The van der Waals surface area contributed by atoms with E-state index in [0.717, 1.165) is 16.0 Å². The Hall–Kier alpha value is -4.72. The molecule has 0 aliphatic carbocycles. The van der Waals surface area contributed by atoms with Gasteiger partial charge in [-0.05, 0) is 41.3 Å². The van der Waals surface area contributed by atoms with Crippen molar-refractivity contribution in [2.45, 2.75) is 20.0 Å². The molecule has 1 N–H and O–H groups in total. The zero-order valence-corrected chi connectivity index (χ0v) is 18.8. The molecule has 8 heteroatoms. The van der Waals surface area contributed by atoms with E-state index in [1.165, 1.54) is 18.2 Å². The van der Waals surface area contributed by atoms with Crippen LogP contribution in [0.1, 0.15) is 34.0 Å². The topological polar surface area (TPSA) is 116 Å². The van der Waals surface area contributed by atoms with Crippen molar-refractivity contribution >= 4 is 35.6 Å². The Morgan fingerprint density at radius 1 is 0.971 bits per heavy atom. The molecule has 4 amide bonds. The number of aromatic carboxylic acids is 1. The second-order valence-corrected chi connectivity index (χ2v) is 7.75. The SMILES string of the molecule is CCc1ccccc1N1C(=O)NC(=O)/C(=C\c2ccccc2OCc2ccc(C(=O)[O-])cc2)C1=O. The van der Waals surface area contributed by atoms with Crippen LogP contribution in [0.3, 0.4) is 0 Å². The van der Waals surface area contributed by atoms with Crippen LogP contribution in [0.2, 0.25) is 0 Å². The van der Waals surface area contributed by atoms with Crippen molar-refractivity contribution in [3.05, 3.63) is 101 Å². The van der Waals surface area contributed by atoms with E-state index >= 15 is 0 Å². The molecule has 1 aliphatic rings. The maximum absolute atomic E-state index is 13.3. The van der Waals surface area contributed by atoms with Crippen LogP contribution in [0.25, 0.3) is 6.08 Å². The van der Waals surface area contributed by atoms with E-state index in [0.29, 0.717) is 23.4 Å². The summed E-state index contributed by atoms with van der Waals surface area (Å²) in [6, 6.07) is 19.1. The third-order valence-electron chi connectivity index (χ3n) is 5.52. The van der Waals surface area contributed by atoms with Crippen LogP contribution in [0.4, 0.5) is 10.5 Å². The van der Waals surface area contributed by atoms with Crippen molar-refractivity contribution < 1.29 is 29.0 Å². The number of barbiturate groups is 1. The fourth-order valence-corrected chi connectivity index (χ4v) is 3.69. The first kappa shape index (κ1) is 23.4. The Balaban J connectivity index is 1.62. The van der Waals surface area contributed by atoms with Crippen molar-refractivity contribution in [1.82, 2.24) is 5.32 Å². The Morgan fingerprint density at radius 3 is 2.37 bits per heavy atom. The molecule has 0 atom stereocenters. The lowest BCUT2D eigenvalue weighted by molar-refractivity contribution is -0.255. The van der Waals surface area contributed by atoms with Crippen LogP contribution in [-0.2, 0) is 22.6 Å². The molecule has 0 saturated carbocycles. The number of nitrogens with zero attached hydrogens (tertiary/aromatic N) is 1. The number of hydrogen-bond donors (Lipinski definition) is 1. The normalized spacial score (nSPS) is 14.7. The Morgan fingerprint density at radius 2 is 1.66 bits per heavy atom. The lowest BCUT2D eigenvalue weighted by Crippen LogP contribution is -2.54. The van der Waals surface area contributed by atoms with Gasteiger partial charge in [-0.2, -0.15) is 0 Å². The van der Waals surface area contributed by atoms with Gasteiger partial charge in [-0.15, -0.1) is 0 Å². The van der Waals surface area contributed by atoms with E-state index < -0.39 is 23.8 Å². The van der Waals surface area contributed by atoms with Gasteiger partial charge in [-0.25, -0.2) is 9.69 Å². The molecule has 1 aliphatic heterocycles. The van der Waals surface area contributed by atoms with E-state index in [4.69, 9.17) is 4.74 Å². The first-order chi connectivity index (χ1) is 16.9. The lowest BCUT2D eigenvalue weighted by atomic mass is 10.0. The van der Waals surface area contributed by atoms with Gasteiger partial charge >= 0.3 is 6.03 Å². The fourth-order valence-electron chi connectivity index (χ4n) is 3.69. The summed E-state index contributed by atoms with van der Waals surface area (Å²) in [4.78, 5) is 50.3. The number of carbonyl (C=O) groups excluding carboxylic acids is 4. The van der Waals surface area contributed by atoms with Crippen molar-refractivity contribution in [1.29, 1.82) is 0 Å². The highest BCUT2D eigenvalue weighted by Gasteiger charge is 2.37. The van der Waals surface area contributed by atoms with Crippen LogP contribution >= 0.6 is 0 Å². The van der Waals surface area contributed by atoms with Crippen LogP contribution in [0, 0.1) is 0 Å². The van der Waals surface area contributed by atoms with E-state index in [9.17, 15) is 24.3 Å². The number of rotatable bonds is 7. The van der Waals surface area contributed by atoms with Gasteiger partial charge in [0.25, 0.3) is 11.8 Å². The number of anilines is 1. The number of amides is 4. The van der Waals surface area contributed by atoms with Crippen LogP contribution < -0.4 is 20.1 Å². The highest BCUT2D eigenvalue weighted by molar-refractivity contribution is 6.39. The van der Waals surface area contributed by atoms with Crippen molar-refractivity contribution in [2.75, 3.05) is 4.90 Å². The lowest BCUT2D eigenvalue weighted by Gasteiger charge is -2.28. The third kappa shape index (κ3) is 4.96. The number of nitrogens with one attached hydrogen (secondary N) is 1. The molecular formula is C27H21N2O6-. The van der Waals surface area contributed by atoms with Gasteiger partial charge in [0.15, 0.2) is 0 Å². The van der Waals surface area contributed by atoms with Gasteiger partial charge in [-0.1, -0.05) is 67.6 Å². The number of benzene rings is 3. The molecule has 3 aromatic carbocycles. The Bertz CT molecular complexity index is 1340. The van der Waals surface area contributed by atoms with Crippen molar-refractivity contribution in [3.63, 3.8) is 0 Å². The third-order valence-corrected chi connectivity index (χ3v) is 5.52. The van der Waals surface area contributed by atoms with E-state index in [-0.39, 0.29) is 17.7 Å². The molecule has 1 fully saturated rings. The Labute approximate surface area is 201 Å². The Kier molecular flexibility index (Phi) is 6.73. The molecule has 8 nitrogen and oxygen atoms in total. The number of aryl methyl sites for hydroxylation is 1. The van der Waals surface area contributed by atoms with Crippen molar-refractivity contribution in [3.8, 4) is 5.75 Å². The molecule has 0 radical (unpaired) electrons. The van der Waals surface area contributed by atoms with Gasteiger partial charge < -0.3 is 14.6 Å². The average Bonchev–Trinajstić information content (AvgIpc) is 2.86. The highest BCUT2D eigenvalue weighted by Crippen LogP contribution is 2.28. The predicted molar refractivity (Wildman–Crippen MR) is 126 cm³/mol. The molecule has 0 spiro atoms. The maximum atomic E-state index is 13.3. The number of carbonyl (C=O) groups is 4. The molecule has 4 rings (SSSR count). The molecule has 0 unspecified atom stereocenters. The van der Waals surface area contributed by atoms with Gasteiger partial charge in [0.2, 0.25) is 0 Å². The molecule has 0 bridgehead atoms. The maximum Gasteiger partial charge on any atom is 0.335 e. The summed E-state index contributed by atoms with van der Waals surface area (Å²) in [5.41, 5.74) is 2.25. The fraction of sp³-hybridized carbons (Fsp3) is 0.111. The average molecular weight is 469 g/mol. The second-order valence-electron chi connectivity index (χ2n) is 7.75. The first-order valence-electron chi connectivity index (χ1n) is 10.9. The number of urea groups is 1. The number of hydrogen-bond acceptors (Lipinski definition) is 6. The summed E-state index contributed by atoms with van der Waals surface area (Å²) in [6.45, 7) is 2.04. The van der Waals surface area contributed by atoms with Crippen LogP contribution in [-0.4, -0.2) is 23.8 Å².